The second kappa shape index (κ2) is 8.75. The third kappa shape index (κ3) is 6.35. The zero-order valence-corrected chi connectivity index (χ0v) is 17.8. The molecule has 0 aliphatic carbocycles. The lowest BCUT2D eigenvalue weighted by molar-refractivity contribution is -0.116. The fourth-order valence-electron chi connectivity index (χ4n) is 2.70. The van der Waals surface area contributed by atoms with Crippen molar-refractivity contribution in [2.24, 2.45) is 0 Å². The number of carbonyl (C=O) groups is 1. The zero-order valence-electron chi connectivity index (χ0n) is 17.0. The van der Waals surface area contributed by atoms with Crippen LogP contribution in [0.4, 0.5) is 5.69 Å². The summed E-state index contributed by atoms with van der Waals surface area (Å²) in [4.78, 5) is 12.3. The Hall–Kier alpha value is -2.38. The highest BCUT2D eigenvalue weighted by Crippen LogP contribution is 2.22. The molecule has 0 radical (unpaired) electrons. The van der Waals surface area contributed by atoms with Gasteiger partial charge in [0, 0.05) is 11.2 Å². The van der Waals surface area contributed by atoms with Crippen molar-refractivity contribution in [2.75, 3.05) is 11.9 Å². The Kier molecular flexibility index (Phi) is 6.85. The Bertz CT molecular complexity index is 927. The number of hydrogen-bond donors (Lipinski definition) is 2. The third-order valence-electron chi connectivity index (χ3n) is 3.85. The van der Waals surface area contributed by atoms with Gasteiger partial charge >= 0.3 is 0 Å². The molecule has 1 amide bonds. The van der Waals surface area contributed by atoms with Gasteiger partial charge in [0.05, 0.1) is 17.9 Å². The zero-order chi connectivity index (χ0) is 20.9. The molecule has 6 nitrogen and oxygen atoms in total. The minimum absolute atomic E-state index is 0.104. The maximum atomic E-state index is 12.4. The summed E-state index contributed by atoms with van der Waals surface area (Å²) in [6.07, 6.45) is 0.158. The fraction of sp³-hybridized carbons (Fsp3) is 0.381. The number of para-hydroxylation sites is 1. The number of amides is 1. The number of aryl methyl sites for hydroxylation is 2. The van der Waals surface area contributed by atoms with Crippen LogP contribution in [0.2, 0.25) is 0 Å². The van der Waals surface area contributed by atoms with Crippen LogP contribution in [0.5, 0.6) is 5.75 Å². The van der Waals surface area contributed by atoms with E-state index in [2.05, 4.69) is 10.0 Å². The third-order valence-corrected chi connectivity index (χ3v) is 5.61. The maximum Gasteiger partial charge on any atom is 0.241 e. The number of benzene rings is 2. The molecule has 0 atom stereocenters. The summed E-state index contributed by atoms with van der Waals surface area (Å²) in [6.45, 7) is 9.46. The first-order valence-electron chi connectivity index (χ1n) is 9.11. The Morgan fingerprint density at radius 1 is 1.04 bits per heavy atom. The molecule has 7 heteroatoms. The first-order valence-corrected chi connectivity index (χ1v) is 10.6. The molecule has 2 rings (SSSR count). The summed E-state index contributed by atoms with van der Waals surface area (Å²) in [5.41, 5.74) is 1.87. The van der Waals surface area contributed by atoms with Crippen molar-refractivity contribution in [1.82, 2.24) is 4.72 Å². The molecule has 2 aromatic rings. The standard InChI is InChI=1S/C21H28N2O4S/c1-15-8-6-9-16(2)20(15)27-13-12-19(24)22-17-10-7-11-18(14-17)28(25,26)23-21(3,4)5/h6-11,14,23H,12-13H2,1-5H3,(H,22,24). The minimum atomic E-state index is -3.66. The average molecular weight is 405 g/mol. The fourth-order valence-corrected chi connectivity index (χ4v) is 4.16. The van der Waals surface area contributed by atoms with E-state index in [0.29, 0.717) is 5.69 Å². The van der Waals surface area contributed by atoms with Crippen LogP contribution in [0.1, 0.15) is 38.3 Å². The van der Waals surface area contributed by atoms with Crippen LogP contribution >= 0.6 is 0 Å². The molecule has 0 unspecified atom stereocenters. The molecule has 0 fully saturated rings. The molecular formula is C21H28N2O4S. The molecule has 0 aromatic heterocycles. The van der Waals surface area contributed by atoms with Crippen molar-refractivity contribution in [3.63, 3.8) is 0 Å². The highest BCUT2D eigenvalue weighted by molar-refractivity contribution is 7.89. The molecule has 152 valence electrons. The van der Waals surface area contributed by atoms with E-state index < -0.39 is 15.6 Å². The lowest BCUT2D eigenvalue weighted by Crippen LogP contribution is -2.40. The summed E-state index contributed by atoms with van der Waals surface area (Å²) in [5.74, 6) is 0.543. The van der Waals surface area contributed by atoms with Gasteiger partial charge in [0.1, 0.15) is 5.75 Å². The first kappa shape index (κ1) is 21.9. The van der Waals surface area contributed by atoms with Gasteiger partial charge in [0.15, 0.2) is 0 Å². The SMILES string of the molecule is Cc1cccc(C)c1OCCC(=O)Nc1cccc(S(=O)(=O)NC(C)(C)C)c1. The number of rotatable bonds is 7. The molecule has 0 spiro atoms. The summed E-state index contributed by atoms with van der Waals surface area (Å²) < 4.78 is 33.2. The molecule has 0 heterocycles. The van der Waals surface area contributed by atoms with Gasteiger partial charge in [-0.2, -0.15) is 0 Å². The van der Waals surface area contributed by atoms with Crippen LogP contribution < -0.4 is 14.8 Å². The monoisotopic (exact) mass is 404 g/mol. The van der Waals surface area contributed by atoms with E-state index in [0.717, 1.165) is 16.9 Å². The van der Waals surface area contributed by atoms with Crippen LogP contribution in [0, 0.1) is 13.8 Å². The highest BCUT2D eigenvalue weighted by Gasteiger charge is 2.22. The average Bonchev–Trinajstić information content (AvgIpc) is 2.55. The van der Waals surface area contributed by atoms with E-state index in [9.17, 15) is 13.2 Å². The van der Waals surface area contributed by atoms with Gasteiger partial charge in [0.25, 0.3) is 0 Å². The largest absolute Gasteiger partial charge is 0.493 e. The number of hydrogen-bond acceptors (Lipinski definition) is 4. The number of carbonyl (C=O) groups excluding carboxylic acids is 1. The Labute approximate surface area is 167 Å². The van der Waals surface area contributed by atoms with Gasteiger partial charge in [-0.05, 0) is 63.9 Å². The molecule has 2 aromatic carbocycles. The van der Waals surface area contributed by atoms with Crippen molar-refractivity contribution in [3.05, 3.63) is 53.6 Å². The molecule has 28 heavy (non-hydrogen) atoms. The Morgan fingerprint density at radius 2 is 1.64 bits per heavy atom. The van der Waals surface area contributed by atoms with Gasteiger partial charge in [0.2, 0.25) is 15.9 Å². The lowest BCUT2D eigenvalue weighted by Gasteiger charge is -2.20. The van der Waals surface area contributed by atoms with Crippen LogP contribution in [0.15, 0.2) is 47.4 Å². The Morgan fingerprint density at radius 3 is 2.25 bits per heavy atom. The predicted molar refractivity (Wildman–Crippen MR) is 111 cm³/mol. The quantitative estimate of drug-likeness (QED) is 0.735. The van der Waals surface area contributed by atoms with Crippen LogP contribution in [-0.2, 0) is 14.8 Å². The van der Waals surface area contributed by atoms with Gasteiger partial charge in [-0.3, -0.25) is 4.79 Å². The summed E-state index contributed by atoms with van der Waals surface area (Å²) >= 11 is 0. The van der Waals surface area contributed by atoms with Crippen LogP contribution in [-0.4, -0.2) is 26.5 Å². The Balaban J connectivity index is 1.97. The molecular weight excluding hydrogens is 376 g/mol. The molecule has 0 aliphatic heterocycles. The van der Waals surface area contributed by atoms with Gasteiger partial charge in [-0.25, -0.2) is 13.1 Å². The smallest absolute Gasteiger partial charge is 0.241 e. The van der Waals surface area contributed by atoms with Crippen molar-refractivity contribution >= 4 is 21.6 Å². The number of ether oxygens (including phenoxy) is 1. The molecule has 0 aliphatic rings. The molecule has 2 N–H and O–H groups in total. The van der Waals surface area contributed by atoms with Gasteiger partial charge < -0.3 is 10.1 Å². The second-order valence-corrected chi connectivity index (χ2v) is 9.43. The topological polar surface area (TPSA) is 84.5 Å². The number of nitrogens with one attached hydrogen (secondary N) is 2. The van der Waals surface area contributed by atoms with E-state index in [1.165, 1.54) is 12.1 Å². The molecule has 0 saturated heterocycles. The van der Waals surface area contributed by atoms with E-state index in [1.807, 2.05) is 32.0 Å². The van der Waals surface area contributed by atoms with Crippen molar-refractivity contribution < 1.29 is 17.9 Å². The lowest BCUT2D eigenvalue weighted by atomic mass is 10.1. The number of anilines is 1. The predicted octanol–water partition coefficient (Wildman–Crippen LogP) is 3.79. The van der Waals surface area contributed by atoms with E-state index in [-0.39, 0.29) is 23.8 Å². The van der Waals surface area contributed by atoms with E-state index >= 15 is 0 Å². The first-order chi connectivity index (χ1) is 13.0. The summed E-state index contributed by atoms with van der Waals surface area (Å²) in [7, 11) is -3.66. The molecule has 0 saturated carbocycles. The molecule has 0 bridgehead atoms. The number of sulfonamides is 1. The van der Waals surface area contributed by atoms with E-state index in [4.69, 9.17) is 4.74 Å². The van der Waals surface area contributed by atoms with Crippen molar-refractivity contribution in [3.8, 4) is 5.75 Å². The van der Waals surface area contributed by atoms with Crippen LogP contribution in [0.3, 0.4) is 0 Å². The van der Waals surface area contributed by atoms with Crippen LogP contribution in [0.25, 0.3) is 0 Å². The van der Waals surface area contributed by atoms with E-state index in [1.54, 1.807) is 32.9 Å². The van der Waals surface area contributed by atoms with Crippen molar-refractivity contribution in [1.29, 1.82) is 0 Å². The minimum Gasteiger partial charge on any atom is -0.493 e. The van der Waals surface area contributed by atoms with Gasteiger partial charge in [-0.15, -0.1) is 0 Å². The highest BCUT2D eigenvalue weighted by atomic mass is 32.2. The maximum absolute atomic E-state index is 12.4. The van der Waals surface area contributed by atoms with Crippen molar-refractivity contribution in [2.45, 2.75) is 51.5 Å². The summed E-state index contributed by atoms with van der Waals surface area (Å²) in [6, 6.07) is 12.1. The van der Waals surface area contributed by atoms with Gasteiger partial charge in [-0.1, -0.05) is 24.3 Å². The summed E-state index contributed by atoms with van der Waals surface area (Å²) in [5, 5.41) is 2.72. The normalized spacial score (nSPS) is 11.9. The second-order valence-electron chi connectivity index (χ2n) is 7.75.